The minimum atomic E-state index is -4.75. The lowest BCUT2D eigenvalue weighted by molar-refractivity contribution is -0.274. The fourth-order valence-corrected chi connectivity index (χ4v) is 6.17. The maximum Gasteiger partial charge on any atom is 0.573 e. The molecule has 0 radical (unpaired) electrons. The van der Waals surface area contributed by atoms with E-state index in [1.165, 1.54) is 40.8 Å². The Hall–Kier alpha value is -4.58. The van der Waals surface area contributed by atoms with Crippen molar-refractivity contribution in [3.8, 4) is 22.8 Å². The van der Waals surface area contributed by atoms with Crippen molar-refractivity contribution >= 4 is 34.2 Å². The first-order valence-corrected chi connectivity index (χ1v) is 15.3. The summed E-state index contributed by atoms with van der Waals surface area (Å²) in [6.07, 6.45) is -2.26. The molecule has 8 nitrogen and oxygen atoms in total. The topological polar surface area (TPSA) is 84.6 Å². The van der Waals surface area contributed by atoms with E-state index >= 15 is 0 Å². The van der Waals surface area contributed by atoms with Crippen molar-refractivity contribution in [2.45, 2.75) is 47.4 Å². The quantitative estimate of drug-likeness (QED) is 0.230. The highest BCUT2D eigenvalue weighted by Gasteiger charge is 2.31. The van der Waals surface area contributed by atoms with Gasteiger partial charge in [0.25, 0.3) is 0 Å². The number of rotatable bonds is 6. The van der Waals surface area contributed by atoms with Crippen LogP contribution in [0.25, 0.3) is 22.6 Å². The van der Waals surface area contributed by atoms with Gasteiger partial charge in [-0.2, -0.15) is 4.99 Å². The fourth-order valence-electron chi connectivity index (χ4n) is 5.23. The standard InChI is InChI=1S/C33H33F3N6O2S/c1-20-17-21(2)29(22(3)18-20)41-15-6-16-45-32(41)39-31(43)38-24(5)23(4)25-7-9-26(10-8-25)30-37-19-42(40-30)27-11-13-28(14-12-27)44-33(34,35)36/h7-14,17-19H,6,15-16H2,1-5H3,(H,38,43)/b24-23+,39-32-. The maximum atomic E-state index is 13.0. The first kappa shape index (κ1) is 31.8. The minimum Gasteiger partial charge on any atom is -0.406 e. The van der Waals surface area contributed by atoms with Crippen LogP contribution in [0, 0.1) is 20.8 Å². The van der Waals surface area contributed by atoms with E-state index in [0.29, 0.717) is 22.4 Å². The van der Waals surface area contributed by atoms with E-state index in [9.17, 15) is 18.0 Å². The third-order valence-electron chi connectivity index (χ3n) is 7.35. The fraction of sp³-hybridized carbons (Fsp3) is 0.273. The third-order valence-corrected chi connectivity index (χ3v) is 8.41. The molecule has 1 aliphatic heterocycles. The van der Waals surface area contributed by atoms with Crippen molar-refractivity contribution in [3.63, 3.8) is 0 Å². The van der Waals surface area contributed by atoms with E-state index in [2.05, 4.69) is 62.9 Å². The van der Waals surface area contributed by atoms with Gasteiger partial charge < -0.3 is 15.0 Å². The Balaban J connectivity index is 1.27. The smallest absolute Gasteiger partial charge is 0.406 e. The van der Waals surface area contributed by atoms with Gasteiger partial charge in [0.2, 0.25) is 0 Å². The third kappa shape index (κ3) is 7.75. The van der Waals surface area contributed by atoms with Crippen molar-refractivity contribution in [1.29, 1.82) is 0 Å². The number of amidine groups is 1. The van der Waals surface area contributed by atoms with Crippen LogP contribution in [0.2, 0.25) is 0 Å². The van der Waals surface area contributed by atoms with Crippen molar-refractivity contribution in [1.82, 2.24) is 20.1 Å². The van der Waals surface area contributed by atoms with Gasteiger partial charge in [-0.3, -0.25) is 0 Å². The summed E-state index contributed by atoms with van der Waals surface area (Å²) in [6.45, 7) is 10.8. The van der Waals surface area contributed by atoms with Gasteiger partial charge in [-0.15, -0.1) is 18.3 Å². The summed E-state index contributed by atoms with van der Waals surface area (Å²) in [7, 11) is 0. The number of anilines is 1. The van der Waals surface area contributed by atoms with Crippen molar-refractivity contribution in [2.75, 3.05) is 17.2 Å². The molecule has 12 heteroatoms. The predicted octanol–water partition coefficient (Wildman–Crippen LogP) is 8.22. The second kappa shape index (κ2) is 13.2. The normalized spacial score (nSPS) is 15.2. The number of aryl methyl sites for hydroxylation is 3. The lowest BCUT2D eigenvalue weighted by atomic mass is 10.0. The molecule has 0 saturated carbocycles. The summed E-state index contributed by atoms with van der Waals surface area (Å²) < 4.78 is 42.7. The Kier molecular flexibility index (Phi) is 9.33. The largest absolute Gasteiger partial charge is 0.573 e. The van der Waals surface area contributed by atoms with E-state index in [1.807, 2.05) is 38.1 Å². The van der Waals surface area contributed by atoms with Crippen LogP contribution in [-0.2, 0) is 0 Å². The summed E-state index contributed by atoms with van der Waals surface area (Å²) in [6, 6.07) is 16.8. The van der Waals surface area contributed by atoms with E-state index in [1.54, 1.807) is 11.8 Å². The monoisotopic (exact) mass is 634 g/mol. The highest BCUT2D eigenvalue weighted by atomic mass is 32.2. The lowest BCUT2D eigenvalue weighted by Crippen LogP contribution is -2.36. The van der Waals surface area contributed by atoms with Crippen LogP contribution < -0.4 is 15.0 Å². The molecule has 1 fully saturated rings. The first-order valence-electron chi connectivity index (χ1n) is 14.3. The molecule has 5 rings (SSSR count). The molecule has 2 amide bonds. The van der Waals surface area contributed by atoms with Crippen LogP contribution in [0.3, 0.4) is 0 Å². The number of aromatic nitrogens is 3. The van der Waals surface area contributed by atoms with Gasteiger partial charge in [0, 0.05) is 29.2 Å². The van der Waals surface area contributed by atoms with Crippen LogP contribution in [0.4, 0.5) is 23.7 Å². The number of ether oxygens (including phenoxy) is 1. The number of nitrogens with zero attached hydrogens (tertiary/aromatic N) is 5. The number of urea groups is 1. The average Bonchev–Trinajstić information content (AvgIpc) is 3.47. The molecule has 1 aromatic heterocycles. The summed E-state index contributed by atoms with van der Waals surface area (Å²) in [4.78, 5) is 24.0. The minimum absolute atomic E-state index is 0.313. The second-order valence-electron chi connectivity index (χ2n) is 10.8. The number of hydrogen-bond donors (Lipinski definition) is 1. The predicted molar refractivity (Wildman–Crippen MR) is 173 cm³/mol. The van der Waals surface area contributed by atoms with Crippen LogP contribution in [0.1, 0.15) is 42.5 Å². The van der Waals surface area contributed by atoms with E-state index in [4.69, 9.17) is 0 Å². The number of halogens is 3. The Morgan fingerprint density at radius 1 is 1.00 bits per heavy atom. The SMILES string of the molecule is C/C(NC(=O)/N=C1\SCCCN1c1c(C)cc(C)cc1C)=C(/C)c1ccc(-c2ncn(-c3ccc(OC(F)(F)F)cc3)n2)cc1. The summed E-state index contributed by atoms with van der Waals surface area (Å²) in [5, 5.41) is 8.08. The highest BCUT2D eigenvalue weighted by molar-refractivity contribution is 8.14. The molecule has 0 aliphatic carbocycles. The van der Waals surface area contributed by atoms with Gasteiger partial charge in [0.05, 0.1) is 5.69 Å². The van der Waals surface area contributed by atoms with Gasteiger partial charge in [-0.25, -0.2) is 14.5 Å². The highest BCUT2D eigenvalue weighted by Crippen LogP contribution is 2.32. The number of thioether (sulfide) groups is 1. The number of carbonyl (C=O) groups is 1. The lowest BCUT2D eigenvalue weighted by Gasteiger charge is -2.32. The number of benzene rings is 3. The Labute approximate surface area is 264 Å². The Morgan fingerprint density at radius 2 is 1.67 bits per heavy atom. The number of hydrogen-bond acceptors (Lipinski definition) is 5. The summed E-state index contributed by atoms with van der Waals surface area (Å²) in [5.74, 6) is 1.04. The average molecular weight is 635 g/mol. The summed E-state index contributed by atoms with van der Waals surface area (Å²) >= 11 is 1.59. The number of carbonyl (C=O) groups excluding carboxylic acids is 1. The van der Waals surface area contributed by atoms with Gasteiger partial charge in [-0.05, 0) is 87.6 Å². The maximum absolute atomic E-state index is 13.0. The Bertz CT molecular complexity index is 1740. The zero-order valence-electron chi connectivity index (χ0n) is 25.6. The van der Waals surface area contributed by atoms with Crippen LogP contribution in [0.5, 0.6) is 5.75 Å². The first-order chi connectivity index (χ1) is 21.4. The van der Waals surface area contributed by atoms with Crippen LogP contribution in [-0.4, -0.2) is 44.6 Å². The van der Waals surface area contributed by atoms with Crippen molar-refractivity contribution < 1.29 is 22.7 Å². The molecule has 0 bridgehead atoms. The molecule has 3 aromatic carbocycles. The zero-order chi connectivity index (χ0) is 32.3. The molecule has 0 unspecified atom stereocenters. The number of allylic oxidation sites excluding steroid dienone is 2. The molecular weight excluding hydrogens is 601 g/mol. The van der Waals surface area contributed by atoms with Crippen LogP contribution in [0.15, 0.2) is 77.7 Å². The van der Waals surface area contributed by atoms with Crippen molar-refractivity contribution in [2.24, 2.45) is 4.99 Å². The molecule has 1 saturated heterocycles. The summed E-state index contributed by atoms with van der Waals surface area (Å²) in [5.41, 5.74) is 8.40. The van der Waals surface area contributed by atoms with Gasteiger partial charge >= 0.3 is 12.4 Å². The Morgan fingerprint density at radius 3 is 2.31 bits per heavy atom. The molecule has 234 valence electrons. The molecule has 4 aromatic rings. The van der Waals surface area contributed by atoms with Gasteiger partial charge in [0.1, 0.15) is 12.1 Å². The van der Waals surface area contributed by atoms with E-state index in [-0.39, 0.29) is 5.75 Å². The molecule has 0 atom stereocenters. The molecule has 45 heavy (non-hydrogen) atoms. The number of alkyl halides is 3. The van der Waals surface area contributed by atoms with Gasteiger partial charge in [-0.1, -0.05) is 53.7 Å². The molecule has 1 N–H and O–H groups in total. The number of aliphatic imine (C=N–C) groups is 1. The molecule has 2 heterocycles. The van der Waals surface area contributed by atoms with Gasteiger partial charge in [0.15, 0.2) is 11.0 Å². The molecule has 0 spiro atoms. The number of nitrogens with one attached hydrogen (secondary N) is 1. The van der Waals surface area contributed by atoms with E-state index in [0.717, 1.165) is 52.2 Å². The molecular formula is C33H33F3N6O2S. The van der Waals surface area contributed by atoms with Crippen molar-refractivity contribution in [3.05, 3.63) is 94.9 Å². The van der Waals surface area contributed by atoms with E-state index < -0.39 is 12.4 Å². The second-order valence-corrected chi connectivity index (χ2v) is 11.9. The molecule has 1 aliphatic rings. The zero-order valence-corrected chi connectivity index (χ0v) is 26.4. The van der Waals surface area contributed by atoms with Crippen LogP contribution >= 0.6 is 11.8 Å². The number of amides is 2.